The number of halogens is 2. The highest BCUT2D eigenvalue weighted by molar-refractivity contribution is 6.30. The Balaban J connectivity index is 2.07. The lowest BCUT2D eigenvalue weighted by atomic mass is 9.98. The van der Waals surface area contributed by atoms with Crippen LogP contribution in [0.5, 0.6) is 0 Å². The van der Waals surface area contributed by atoms with E-state index in [1.54, 1.807) is 12.1 Å². The van der Waals surface area contributed by atoms with Crippen LogP contribution in [0.25, 0.3) is 0 Å². The largest absolute Gasteiger partial charge is 0.271 e. The summed E-state index contributed by atoms with van der Waals surface area (Å²) in [5.41, 5.74) is 6.23. The minimum Gasteiger partial charge on any atom is -0.271 e. The number of hydrazine groups is 1. The van der Waals surface area contributed by atoms with Gasteiger partial charge in [0.2, 0.25) is 0 Å². The van der Waals surface area contributed by atoms with E-state index >= 15 is 0 Å². The second-order valence-electron chi connectivity index (χ2n) is 5.01. The third-order valence-electron chi connectivity index (χ3n) is 3.27. The van der Waals surface area contributed by atoms with Crippen molar-refractivity contribution in [1.82, 2.24) is 5.43 Å². The van der Waals surface area contributed by atoms with Gasteiger partial charge >= 0.3 is 0 Å². The first-order valence-corrected chi connectivity index (χ1v) is 6.92. The molecule has 0 aromatic heterocycles. The first kappa shape index (κ1) is 15.0. The molecule has 0 aliphatic heterocycles. The SMILES string of the molecule is Cc1cccc(CC(Cc2ccc(F)c(Cl)c2)NN)c1. The molecule has 0 spiro atoms. The monoisotopic (exact) mass is 292 g/mol. The van der Waals surface area contributed by atoms with Crippen LogP contribution in [0.2, 0.25) is 5.02 Å². The lowest BCUT2D eigenvalue weighted by molar-refractivity contribution is 0.522. The zero-order chi connectivity index (χ0) is 14.5. The topological polar surface area (TPSA) is 38.0 Å². The third-order valence-corrected chi connectivity index (χ3v) is 3.56. The Bertz CT molecular complexity index is 586. The van der Waals surface area contributed by atoms with Crippen molar-refractivity contribution >= 4 is 11.6 Å². The van der Waals surface area contributed by atoms with Crippen LogP contribution in [0.1, 0.15) is 16.7 Å². The van der Waals surface area contributed by atoms with Crippen LogP contribution >= 0.6 is 11.6 Å². The smallest absolute Gasteiger partial charge is 0.141 e. The van der Waals surface area contributed by atoms with Crippen LogP contribution in [0, 0.1) is 12.7 Å². The Morgan fingerprint density at radius 1 is 1.15 bits per heavy atom. The van der Waals surface area contributed by atoms with E-state index in [9.17, 15) is 4.39 Å². The second-order valence-corrected chi connectivity index (χ2v) is 5.42. The maximum absolute atomic E-state index is 13.1. The number of hydrogen-bond acceptors (Lipinski definition) is 2. The van der Waals surface area contributed by atoms with E-state index < -0.39 is 5.82 Å². The summed E-state index contributed by atoms with van der Waals surface area (Å²) in [5, 5.41) is 0.147. The zero-order valence-corrected chi connectivity index (χ0v) is 12.1. The van der Waals surface area contributed by atoms with E-state index in [2.05, 4.69) is 30.5 Å². The van der Waals surface area contributed by atoms with Crippen LogP contribution in [-0.4, -0.2) is 6.04 Å². The first-order valence-electron chi connectivity index (χ1n) is 6.54. The molecule has 4 heteroatoms. The van der Waals surface area contributed by atoms with Gasteiger partial charge in [-0.2, -0.15) is 0 Å². The van der Waals surface area contributed by atoms with E-state index in [1.807, 2.05) is 6.07 Å². The molecule has 0 aliphatic rings. The summed E-state index contributed by atoms with van der Waals surface area (Å²) in [6.45, 7) is 2.06. The molecule has 0 amide bonds. The predicted molar refractivity (Wildman–Crippen MR) is 81.1 cm³/mol. The quantitative estimate of drug-likeness (QED) is 0.655. The highest BCUT2D eigenvalue weighted by atomic mass is 35.5. The second kappa shape index (κ2) is 6.84. The van der Waals surface area contributed by atoms with Gasteiger partial charge in [0.1, 0.15) is 5.82 Å². The number of nitrogens with one attached hydrogen (secondary N) is 1. The Labute approximate surface area is 123 Å². The van der Waals surface area contributed by atoms with Gasteiger partial charge in [0.05, 0.1) is 5.02 Å². The van der Waals surface area contributed by atoms with Crippen molar-refractivity contribution in [3.8, 4) is 0 Å². The van der Waals surface area contributed by atoms with Gasteiger partial charge < -0.3 is 0 Å². The van der Waals surface area contributed by atoms with Gasteiger partial charge in [0.15, 0.2) is 0 Å². The van der Waals surface area contributed by atoms with Crippen LogP contribution < -0.4 is 11.3 Å². The van der Waals surface area contributed by atoms with Gasteiger partial charge in [-0.1, -0.05) is 47.5 Å². The molecule has 106 valence electrons. The van der Waals surface area contributed by atoms with E-state index in [-0.39, 0.29) is 11.1 Å². The summed E-state index contributed by atoms with van der Waals surface area (Å²) in [7, 11) is 0. The number of rotatable bonds is 5. The highest BCUT2D eigenvalue weighted by Gasteiger charge is 2.10. The van der Waals surface area contributed by atoms with Crippen molar-refractivity contribution < 1.29 is 4.39 Å². The molecule has 1 unspecified atom stereocenters. The average Bonchev–Trinajstić information content (AvgIpc) is 2.42. The van der Waals surface area contributed by atoms with Gasteiger partial charge in [0, 0.05) is 6.04 Å². The number of hydrogen-bond donors (Lipinski definition) is 2. The van der Waals surface area contributed by atoms with Gasteiger partial charge in [-0.3, -0.25) is 11.3 Å². The van der Waals surface area contributed by atoms with Gasteiger partial charge in [-0.15, -0.1) is 0 Å². The van der Waals surface area contributed by atoms with E-state index in [0.29, 0.717) is 6.42 Å². The van der Waals surface area contributed by atoms with Crippen molar-refractivity contribution in [3.63, 3.8) is 0 Å². The number of benzene rings is 2. The molecule has 0 heterocycles. The molecular formula is C16H18ClFN2. The summed E-state index contributed by atoms with van der Waals surface area (Å²) in [6, 6.07) is 13.2. The van der Waals surface area contributed by atoms with Crippen molar-refractivity contribution in [2.45, 2.75) is 25.8 Å². The number of aryl methyl sites for hydroxylation is 1. The molecule has 0 fully saturated rings. The first-order chi connectivity index (χ1) is 9.58. The van der Waals surface area contributed by atoms with Crippen molar-refractivity contribution in [3.05, 3.63) is 70.0 Å². The molecule has 2 nitrogen and oxygen atoms in total. The van der Waals surface area contributed by atoms with Crippen LogP contribution in [0.15, 0.2) is 42.5 Å². The summed E-state index contributed by atoms with van der Waals surface area (Å²) in [6.07, 6.45) is 1.51. The van der Waals surface area contributed by atoms with Crippen molar-refractivity contribution in [2.75, 3.05) is 0 Å². The van der Waals surface area contributed by atoms with E-state index in [4.69, 9.17) is 17.4 Å². The summed E-state index contributed by atoms with van der Waals surface area (Å²) >= 11 is 5.79. The maximum Gasteiger partial charge on any atom is 0.141 e. The van der Waals surface area contributed by atoms with Gasteiger partial charge in [-0.25, -0.2) is 4.39 Å². The third kappa shape index (κ3) is 4.04. The van der Waals surface area contributed by atoms with E-state index in [1.165, 1.54) is 17.2 Å². The molecule has 0 aliphatic carbocycles. The molecule has 2 aromatic carbocycles. The molecule has 20 heavy (non-hydrogen) atoms. The molecule has 0 radical (unpaired) electrons. The molecular weight excluding hydrogens is 275 g/mol. The fourth-order valence-electron chi connectivity index (χ4n) is 2.26. The minimum atomic E-state index is -0.397. The van der Waals surface area contributed by atoms with Crippen molar-refractivity contribution in [1.29, 1.82) is 0 Å². The molecule has 0 saturated carbocycles. The Morgan fingerprint density at radius 2 is 1.85 bits per heavy atom. The lowest BCUT2D eigenvalue weighted by Gasteiger charge is -2.16. The maximum atomic E-state index is 13.1. The fraction of sp³-hybridized carbons (Fsp3) is 0.250. The minimum absolute atomic E-state index is 0.0818. The molecule has 1 atom stereocenters. The lowest BCUT2D eigenvalue weighted by Crippen LogP contribution is -2.38. The van der Waals surface area contributed by atoms with Crippen molar-refractivity contribution in [2.24, 2.45) is 5.84 Å². The Kier molecular flexibility index (Phi) is 5.12. The summed E-state index contributed by atoms with van der Waals surface area (Å²) in [4.78, 5) is 0. The average molecular weight is 293 g/mol. The Hall–Kier alpha value is -1.42. The zero-order valence-electron chi connectivity index (χ0n) is 11.4. The van der Waals surface area contributed by atoms with Gasteiger partial charge in [0.25, 0.3) is 0 Å². The molecule has 0 bridgehead atoms. The van der Waals surface area contributed by atoms with Gasteiger partial charge in [-0.05, 0) is 43.0 Å². The fourth-order valence-corrected chi connectivity index (χ4v) is 2.47. The molecule has 2 aromatic rings. The summed E-state index contributed by atoms with van der Waals surface area (Å²) < 4.78 is 13.1. The van der Waals surface area contributed by atoms with Crippen LogP contribution in [0.3, 0.4) is 0 Å². The van der Waals surface area contributed by atoms with E-state index in [0.717, 1.165) is 12.0 Å². The van der Waals surface area contributed by atoms with Crippen LogP contribution in [0.4, 0.5) is 4.39 Å². The summed E-state index contributed by atoms with van der Waals surface area (Å²) in [5.74, 6) is 5.22. The Morgan fingerprint density at radius 3 is 2.45 bits per heavy atom. The highest BCUT2D eigenvalue weighted by Crippen LogP contribution is 2.18. The molecule has 2 rings (SSSR count). The predicted octanol–water partition coefficient (Wildman–Crippen LogP) is 3.40. The standard InChI is InChI=1S/C16H18ClFN2/c1-11-3-2-4-12(7-11)8-14(20-19)9-13-5-6-16(18)15(17)10-13/h2-7,10,14,20H,8-9,19H2,1H3. The molecule has 0 saturated heterocycles. The van der Waals surface area contributed by atoms with Crippen LogP contribution in [-0.2, 0) is 12.8 Å². The number of nitrogens with two attached hydrogens (primary N) is 1. The normalized spacial score (nSPS) is 12.4. The molecule has 3 N–H and O–H groups in total.